The molecular formula is C11H15ClFN. The second kappa shape index (κ2) is 3.87. The van der Waals surface area contributed by atoms with Crippen molar-refractivity contribution < 1.29 is 4.39 Å². The van der Waals surface area contributed by atoms with E-state index in [0.717, 1.165) is 12.8 Å². The van der Waals surface area contributed by atoms with Gasteiger partial charge in [-0.25, -0.2) is 4.39 Å². The Labute approximate surface area is 89.9 Å². The third kappa shape index (κ3) is 1.91. The summed E-state index contributed by atoms with van der Waals surface area (Å²) in [7, 11) is 0. The molecule has 0 heterocycles. The molecule has 1 fully saturated rings. The molecule has 1 nitrogen and oxygen atoms in total. The molecule has 1 aromatic rings. The van der Waals surface area contributed by atoms with Crippen LogP contribution in [0.2, 0.25) is 0 Å². The van der Waals surface area contributed by atoms with Crippen LogP contribution in [0.4, 0.5) is 4.39 Å². The van der Waals surface area contributed by atoms with Crippen molar-refractivity contribution in [1.29, 1.82) is 0 Å². The van der Waals surface area contributed by atoms with E-state index in [1.807, 2.05) is 12.1 Å². The molecule has 1 aromatic carbocycles. The molecule has 14 heavy (non-hydrogen) atoms. The van der Waals surface area contributed by atoms with Crippen LogP contribution in [0.5, 0.6) is 0 Å². The molecule has 2 N–H and O–H groups in total. The third-order valence-electron chi connectivity index (χ3n) is 3.05. The zero-order chi connectivity index (χ0) is 9.47. The summed E-state index contributed by atoms with van der Waals surface area (Å²) in [6.45, 7) is 2.10. The maximum absolute atomic E-state index is 12.6. The molecule has 78 valence electrons. The third-order valence-corrected chi connectivity index (χ3v) is 3.05. The van der Waals surface area contributed by atoms with Gasteiger partial charge in [-0.3, -0.25) is 0 Å². The lowest BCUT2D eigenvalue weighted by Crippen LogP contribution is -2.22. The fraction of sp³-hybridized carbons (Fsp3) is 0.455. The van der Waals surface area contributed by atoms with E-state index in [1.54, 1.807) is 0 Å². The van der Waals surface area contributed by atoms with Crippen LogP contribution in [0.25, 0.3) is 0 Å². The maximum atomic E-state index is 12.6. The largest absolute Gasteiger partial charge is 0.325 e. The highest BCUT2D eigenvalue weighted by atomic mass is 35.5. The van der Waals surface area contributed by atoms with Crippen LogP contribution in [0.3, 0.4) is 0 Å². The van der Waals surface area contributed by atoms with Crippen molar-refractivity contribution in [3.8, 4) is 0 Å². The zero-order valence-electron chi connectivity index (χ0n) is 8.16. The molecule has 1 saturated carbocycles. The lowest BCUT2D eigenvalue weighted by Gasteiger charge is -2.07. The first-order valence-corrected chi connectivity index (χ1v) is 4.70. The normalized spacial score (nSPS) is 29.5. The van der Waals surface area contributed by atoms with Crippen molar-refractivity contribution in [2.24, 2.45) is 5.73 Å². The monoisotopic (exact) mass is 215 g/mol. The van der Waals surface area contributed by atoms with E-state index in [4.69, 9.17) is 5.73 Å². The standard InChI is InChI=1S/C11H14FN.ClH/c1-2-11(13)7-10(11)8-3-5-9(12)6-4-8;/h3-6,10H,2,7,13H2,1H3;1H/t10-,11+;/m1./s1. The van der Waals surface area contributed by atoms with E-state index < -0.39 is 0 Å². The van der Waals surface area contributed by atoms with Gasteiger partial charge in [0, 0.05) is 11.5 Å². The summed E-state index contributed by atoms with van der Waals surface area (Å²) >= 11 is 0. The van der Waals surface area contributed by atoms with Crippen molar-refractivity contribution >= 4 is 12.4 Å². The summed E-state index contributed by atoms with van der Waals surface area (Å²) in [5, 5.41) is 0. The van der Waals surface area contributed by atoms with Gasteiger partial charge < -0.3 is 5.73 Å². The van der Waals surface area contributed by atoms with Gasteiger partial charge in [0.25, 0.3) is 0 Å². The zero-order valence-corrected chi connectivity index (χ0v) is 8.98. The molecule has 3 heteroatoms. The summed E-state index contributed by atoms with van der Waals surface area (Å²) in [6.07, 6.45) is 2.03. The number of benzene rings is 1. The van der Waals surface area contributed by atoms with Crippen molar-refractivity contribution in [2.75, 3.05) is 0 Å². The number of hydrogen-bond donors (Lipinski definition) is 1. The van der Waals surface area contributed by atoms with Crippen molar-refractivity contribution in [2.45, 2.75) is 31.2 Å². The number of rotatable bonds is 2. The Morgan fingerprint density at radius 1 is 1.43 bits per heavy atom. The lowest BCUT2D eigenvalue weighted by atomic mass is 10.1. The highest BCUT2D eigenvalue weighted by Gasteiger charge is 2.49. The number of nitrogens with two attached hydrogens (primary N) is 1. The minimum atomic E-state index is -0.177. The van der Waals surface area contributed by atoms with Gasteiger partial charge in [-0.15, -0.1) is 12.4 Å². The Balaban J connectivity index is 0.000000980. The van der Waals surface area contributed by atoms with Gasteiger partial charge >= 0.3 is 0 Å². The first-order chi connectivity index (χ1) is 6.15. The number of hydrogen-bond acceptors (Lipinski definition) is 1. The minimum Gasteiger partial charge on any atom is -0.325 e. The fourth-order valence-electron chi connectivity index (χ4n) is 1.86. The topological polar surface area (TPSA) is 26.0 Å². The van der Waals surface area contributed by atoms with Crippen LogP contribution in [0, 0.1) is 5.82 Å². The van der Waals surface area contributed by atoms with Crippen LogP contribution >= 0.6 is 12.4 Å². The van der Waals surface area contributed by atoms with E-state index >= 15 is 0 Å². The molecule has 0 amide bonds. The van der Waals surface area contributed by atoms with Gasteiger partial charge in [-0.05, 0) is 30.5 Å². The van der Waals surface area contributed by atoms with Gasteiger partial charge in [0.05, 0.1) is 0 Å². The SMILES string of the molecule is CC[C@]1(N)C[C@@H]1c1ccc(F)cc1.Cl. The average Bonchev–Trinajstić information content (AvgIpc) is 2.81. The van der Waals surface area contributed by atoms with Crippen molar-refractivity contribution in [3.63, 3.8) is 0 Å². The van der Waals surface area contributed by atoms with E-state index in [9.17, 15) is 4.39 Å². The fourth-order valence-corrected chi connectivity index (χ4v) is 1.86. The number of halogens is 2. The van der Waals surface area contributed by atoms with E-state index in [-0.39, 0.29) is 23.8 Å². The Hall–Kier alpha value is -0.600. The smallest absolute Gasteiger partial charge is 0.123 e. The Kier molecular flexibility index (Phi) is 3.17. The molecule has 0 bridgehead atoms. The second-order valence-corrected chi connectivity index (χ2v) is 3.89. The Morgan fingerprint density at radius 3 is 2.43 bits per heavy atom. The van der Waals surface area contributed by atoms with Crippen molar-refractivity contribution in [3.05, 3.63) is 35.6 Å². The lowest BCUT2D eigenvalue weighted by molar-refractivity contribution is 0.618. The van der Waals surface area contributed by atoms with Gasteiger partial charge in [-0.2, -0.15) is 0 Å². The second-order valence-electron chi connectivity index (χ2n) is 3.89. The van der Waals surface area contributed by atoms with Crippen LogP contribution in [0.15, 0.2) is 24.3 Å². The molecule has 2 rings (SSSR count). The molecule has 0 radical (unpaired) electrons. The molecule has 1 aliphatic rings. The Bertz CT molecular complexity index is 312. The van der Waals surface area contributed by atoms with Gasteiger partial charge in [0.1, 0.15) is 5.82 Å². The van der Waals surface area contributed by atoms with Crippen LogP contribution < -0.4 is 5.73 Å². The first-order valence-electron chi connectivity index (χ1n) is 4.70. The average molecular weight is 216 g/mol. The highest BCUT2D eigenvalue weighted by Crippen LogP contribution is 2.51. The summed E-state index contributed by atoms with van der Waals surface area (Å²) in [4.78, 5) is 0. The molecule has 0 saturated heterocycles. The first kappa shape index (κ1) is 11.5. The highest BCUT2D eigenvalue weighted by molar-refractivity contribution is 5.85. The summed E-state index contributed by atoms with van der Waals surface area (Å²) in [5.41, 5.74) is 7.22. The molecule has 1 aliphatic carbocycles. The summed E-state index contributed by atoms with van der Waals surface area (Å²) in [5.74, 6) is 0.265. The van der Waals surface area contributed by atoms with Crippen LogP contribution in [-0.2, 0) is 0 Å². The van der Waals surface area contributed by atoms with Gasteiger partial charge in [-0.1, -0.05) is 19.1 Å². The molecule has 0 spiro atoms. The van der Waals surface area contributed by atoms with E-state index in [2.05, 4.69) is 6.92 Å². The molecule has 2 atom stereocenters. The summed E-state index contributed by atoms with van der Waals surface area (Å²) in [6, 6.07) is 6.68. The summed E-state index contributed by atoms with van der Waals surface area (Å²) < 4.78 is 12.6. The minimum absolute atomic E-state index is 0. The Morgan fingerprint density at radius 2 is 2.00 bits per heavy atom. The van der Waals surface area contributed by atoms with E-state index in [1.165, 1.54) is 17.7 Å². The predicted octanol–water partition coefficient (Wildman–Crippen LogP) is 2.84. The van der Waals surface area contributed by atoms with Gasteiger partial charge in [0.15, 0.2) is 0 Å². The van der Waals surface area contributed by atoms with Gasteiger partial charge in [0.2, 0.25) is 0 Å². The molecular weight excluding hydrogens is 201 g/mol. The molecule has 0 unspecified atom stereocenters. The van der Waals surface area contributed by atoms with E-state index in [0.29, 0.717) is 5.92 Å². The maximum Gasteiger partial charge on any atom is 0.123 e. The van der Waals surface area contributed by atoms with Crippen LogP contribution in [0.1, 0.15) is 31.2 Å². The predicted molar refractivity (Wildman–Crippen MR) is 58.2 cm³/mol. The van der Waals surface area contributed by atoms with Crippen LogP contribution in [-0.4, -0.2) is 5.54 Å². The quantitative estimate of drug-likeness (QED) is 0.807. The molecule has 0 aliphatic heterocycles. The van der Waals surface area contributed by atoms with Crippen molar-refractivity contribution in [1.82, 2.24) is 0 Å². The molecule has 0 aromatic heterocycles.